The maximum absolute atomic E-state index is 10.2. The fourth-order valence-corrected chi connectivity index (χ4v) is 0.790. The maximum atomic E-state index is 10.2. The molecule has 12 heavy (non-hydrogen) atoms. The van der Waals surface area contributed by atoms with Gasteiger partial charge in [0.05, 0.1) is 0 Å². The number of carbonyl (C=O) groups is 2. The molecule has 0 rings (SSSR count). The molecule has 0 unspecified atom stereocenters. The minimum atomic E-state index is -1.21. The average Bonchev–Trinajstić information content (AvgIpc) is 2.02. The Kier molecular flexibility index (Phi) is 5.77. The van der Waals surface area contributed by atoms with Crippen molar-refractivity contribution in [3.63, 3.8) is 0 Å². The molecule has 0 radical (unpaired) electrons. The lowest BCUT2D eigenvalue weighted by atomic mass is 10.2. The SMILES string of the molecule is CCCCCN(C=O)NC(=O)O. The van der Waals surface area contributed by atoms with Gasteiger partial charge < -0.3 is 5.11 Å². The molecule has 0 fully saturated rings. The van der Waals surface area contributed by atoms with E-state index in [4.69, 9.17) is 5.11 Å². The van der Waals surface area contributed by atoms with Crippen molar-refractivity contribution in [2.45, 2.75) is 26.2 Å². The second kappa shape index (κ2) is 6.45. The highest BCUT2D eigenvalue weighted by atomic mass is 16.4. The molecule has 2 N–H and O–H groups in total. The van der Waals surface area contributed by atoms with Crippen LogP contribution in [0, 0.1) is 0 Å². The van der Waals surface area contributed by atoms with Gasteiger partial charge in [0.15, 0.2) is 0 Å². The largest absolute Gasteiger partial charge is 0.464 e. The van der Waals surface area contributed by atoms with Crippen molar-refractivity contribution < 1.29 is 14.7 Å². The number of carboxylic acid groups (broad SMARTS) is 1. The van der Waals surface area contributed by atoms with Gasteiger partial charge in [0, 0.05) is 6.54 Å². The van der Waals surface area contributed by atoms with E-state index in [1.807, 2.05) is 12.3 Å². The first-order valence-corrected chi connectivity index (χ1v) is 3.92. The summed E-state index contributed by atoms with van der Waals surface area (Å²) in [6.07, 6.45) is 2.11. The Balaban J connectivity index is 3.53. The van der Waals surface area contributed by atoms with Gasteiger partial charge in [-0.2, -0.15) is 0 Å². The van der Waals surface area contributed by atoms with E-state index in [2.05, 4.69) is 0 Å². The van der Waals surface area contributed by atoms with Crippen molar-refractivity contribution in [2.75, 3.05) is 6.54 Å². The Morgan fingerprint density at radius 2 is 2.25 bits per heavy atom. The zero-order valence-corrected chi connectivity index (χ0v) is 7.12. The highest BCUT2D eigenvalue weighted by Crippen LogP contribution is 1.94. The minimum Gasteiger partial charge on any atom is -0.464 e. The van der Waals surface area contributed by atoms with Crippen molar-refractivity contribution >= 4 is 12.5 Å². The van der Waals surface area contributed by atoms with Crippen molar-refractivity contribution in [2.24, 2.45) is 0 Å². The fraction of sp³-hybridized carbons (Fsp3) is 0.714. The Labute approximate surface area is 71.3 Å². The van der Waals surface area contributed by atoms with E-state index in [0.717, 1.165) is 24.3 Å². The molecular weight excluding hydrogens is 160 g/mol. The topological polar surface area (TPSA) is 69.6 Å². The van der Waals surface area contributed by atoms with Crippen LogP contribution >= 0.6 is 0 Å². The van der Waals surface area contributed by atoms with Crippen LogP contribution in [0.4, 0.5) is 4.79 Å². The molecule has 2 amide bonds. The van der Waals surface area contributed by atoms with Crippen LogP contribution in [-0.2, 0) is 4.79 Å². The summed E-state index contributed by atoms with van der Waals surface area (Å²) < 4.78 is 0. The number of amides is 2. The number of hydrogen-bond donors (Lipinski definition) is 2. The number of rotatable bonds is 6. The third-order valence-corrected chi connectivity index (χ3v) is 1.37. The Morgan fingerprint density at radius 1 is 1.58 bits per heavy atom. The predicted octanol–water partition coefficient (Wildman–Crippen LogP) is 0.818. The average molecular weight is 174 g/mol. The summed E-state index contributed by atoms with van der Waals surface area (Å²) in [7, 11) is 0. The normalized spacial score (nSPS) is 9.08. The van der Waals surface area contributed by atoms with Crippen LogP contribution in [0.5, 0.6) is 0 Å². The summed E-state index contributed by atoms with van der Waals surface area (Å²) in [6, 6.07) is 0. The predicted molar refractivity (Wildman–Crippen MR) is 43.5 cm³/mol. The molecule has 0 saturated carbocycles. The molecular formula is C7H14N2O3. The number of nitrogens with zero attached hydrogens (tertiary/aromatic N) is 1. The summed E-state index contributed by atoms with van der Waals surface area (Å²) >= 11 is 0. The van der Waals surface area contributed by atoms with E-state index >= 15 is 0 Å². The number of unbranched alkanes of at least 4 members (excludes halogenated alkanes) is 2. The lowest BCUT2D eigenvalue weighted by Gasteiger charge is -2.15. The van der Waals surface area contributed by atoms with Crippen LogP contribution in [0.2, 0.25) is 0 Å². The molecule has 5 heteroatoms. The first-order chi connectivity index (χ1) is 5.70. The summed E-state index contributed by atoms with van der Waals surface area (Å²) in [6.45, 7) is 2.47. The quantitative estimate of drug-likeness (QED) is 0.356. The molecule has 0 bridgehead atoms. The highest BCUT2D eigenvalue weighted by molar-refractivity contribution is 5.66. The van der Waals surface area contributed by atoms with E-state index in [9.17, 15) is 9.59 Å². The van der Waals surface area contributed by atoms with Crippen molar-refractivity contribution in [3.05, 3.63) is 0 Å². The summed E-state index contributed by atoms with van der Waals surface area (Å²) in [5, 5.41) is 9.29. The molecule has 0 aromatic rings. The van der Waals surface area contributed by atoms with Crippen LogP contribution in [-0.4, -0.2) is 29.2 Å². The number of hydrazine groups is 1. The van der Waals surface area contributed by atoms with Crippen LogP contribution < -0.4 is 5.43 Å². The van der Waals surface area contributed by atoms with Gasteiger partial charge in [-0.3, -0.25) is 9.80 Å². The van der Waals surface area contributed by atoms with Gasteiger partial charge in [-0.15, -0.1) is 0 Å². The first-order valence-electron chi connectivity index (χ1n) is 3.92. The molecule has 0 heterocycles. The van der Waals surface area contributed by atoms with E-state index < -0.39 is 6.09 Å². The molecule has 0 aliphatic rings. The van der Waals surface area contributed by atoms with Gasteiger partial charge in [-0.05, 0) is 6.42 Å². The Bertz CT molecular complexity index is 150. The van der Waals surface area contributed by atoms with Gasteiger partial charge in [-0.25, -0.2) is 10.2 Å². The molecule has 70 valence electrons. The standard InChI is InChI=1S/C7H14N2O3/c1-2-3-4-5-9(6-10)8-7(11)12/h6,8H,2-5H2,1H3,(H,11,12). The van der Waals surface area contributed by atoms with Gasteiger partial charge in [0.25, 0.3) is 0 Å². The monoisotopic (exact) mass is 174 g/mol. The molecule has 0 aromatic heterocycles. The smallest absolute Gasteiger partial charge is 0.423 e. The zero-order chi connectivity index (χ0) is 9.40. The first kappa shape index (κ1) is 10.7. The van der Waals surface area contributed by atoms with E-state index in [1.165, 1.54) is 0 Å². The van der Waals surface area contributed by atoms with Gasteiger partial charge in [0.1, 0.15) is 0 Å². The number of hydrogen-bond acceptors (Lipinski definition) is 2. The van der Waals surface area contributed by atoms with Gasteiger partial charge in [-0.1, -0.05) is 19.8 Å². The minimum absolute atomic E-state index is 0.434. The summed E-state index contributed by atoms with van der Waals surface area (Å²) in [5.74, 6) is 0. The maximum Gasteiger partial charge on any atom is 0.423 e. The van der Waals surface area contributed by atoms with Crippen molar-refractivity contribution in [3.8, 4) is 0 Å². The lowest BCUT2D eigenvalue weighted by molar-refractivity contribution is -0.120. The Morgan fingerprint density at radius 3 is 2.67 bits per heavy atom. The van der Waals surface area contributed by atoms with E-state index in [-0.39, 0.29) is 0 Å². The third kappa shape index (κ3) is 5.52. The molecule has 0 aliphatic heterocycles. The van der Waals surface area contributed by atoms with Crippen LogP contribution in [0.25, 0.3) is 0 Å². The molecule has 0 spiro atoms. The zero-order valence-electron chi connectivity index (χ0n) is 7.12. The molecule has 0 aromatic carbocycles. The number of carbonyl (C=O) groups excluding carboxylic acids is 1. The van der Waals surface area contributed by atoms with Gasteiger partial charge >= 0.3 is 6.09 Å². The van der Waals surface area contributed by atoms with Gasteiger partial charge in [0.2, 0.25) is 6.41 Å². The van der Waals surface area contributed by atoms with Crippen molar-refractivity contribution in [1.82, 2.24) is 10.4 Å². The molecule has 5 nitrogen and oxygen atoms in total. The van der Waals surface area contributed by atoms with Crippen LogP contribution in [0.3, 0.4) is 0 Å². The Hall–Kier alpha value is -1.26. The molecule has 0 saturated heterocycles. The summed E-state index contributed by atoms with van der Waals surface area (Å²) in [5.41, 5.74) is 1.97. The molecule has 0 atom stereocenters. The van der Waals surface area contributed by atoms with Crippen molar-refractivity contribution in [1.29, 1.82) is 0 Å². The highest BCUT2D eigenvalue weighted by Gasteiger charge is 2.02. The van der Waals surface area contributed by atoms with Crippen LogP contribution in [0.1, 0.15) is 26.2 Å². The van der Waals surface area contributed by atoms with Crippen LogP contribution in [0.15, 0.2) is 0 Å². The molecule has 0 aliphatic carbocycles. The van der Waals surface area contributed by atoms with E-state index in [1.54, 1.807) is 0 Å². The second-order valence-electron chi connectivity index (χ2n) is 2.42. The third-order valence-electron chi connectivity index (χ3n) is 1.37. The number of nitrogens with one attached hydrogen (secondary N) is 1. The van der Waals surface area contributed by atoms with E-state index in [0.29, 0.717) is 13.0 Å². The second-order valence-corrected chi connectivity index (χ2v) is 2.42. The summed E-state index contributed by atoms with van der Waals surface area (Å²) in [4.78, 5) is 20.3. The fourth-order valence-electron chi connectivity index (χ4n) is 0.790. The lowest BCUT2D eigenvalue weighted by Crippen LogP contribution is -2.40.